The number of aryl methyl sites for hydroxylation is 1. The van der Waals surface area contributed by atoms with E-state index in [2.05, 4.69) is 37.0 Å². The van der Waals surface area contributed by atoms with Gasteiger partial charge in [0.25, 0.3) is 5.91 Å². The summed E-state index contributed by atoms with van der Waals surface area (Å²) < 4.78 is 11.6. The van der Waals surface area contributed by atoms with Crippen LogP contribution in [0.1, 0.15) is 67.2 Å². The fourth-order valence-electron chi connectivity index (χ4n) is 4.23. The van der Waals surface area contributed by atoms with Gasteiger partial charge in [0.05, 0.1) is 24.2 Å². The molecule has 0 bridgehead atoms. The highest BCUT2D eigenvalue weighted by Gasteiger charge is 2.27. The zero-order valence-electron chi connectivity index (χ0n) is 19.3. The molecule has 3 aromatic rings. The predicted molar refractivity (Wildman–Crippen MR) is 127 cm³/mol. The van der Waals surface area contributed by atoms with Crippen molar-refractivity contribution >= 4 is 16.9 Å². The van der Waals surface area contributed by atoms with Gasteiger partial charge < -0.3 is 19.4 Å². The third-order valence-electron chi connectivity index (χ3n) is 6.07. The number of carbonyl (C=O) groups is 1. The molecule has 0 radical (unpaired) electrons. The predicted octanol–water partition coefficient (Wildman–Crippen LogP) is 5.47. The first-order valence-corrected chi connectivity index (χ1v) is 11.7. The molecule has 4 rings (SSSR count). The number of nitrogens with zero attached hydrogens (tertiary/aromatic N) is 2. The minimum absolute atomic E-state index is 0.0461. The van der Waals surface area contributed by atoms with Gasteiger partial charge in [-0.3, -0.25) is 4.79 Å². The van der Waals surface area contributed by atoms with Crippen LogP contribution in [-0.2, 0) is 0 Å². The van der Waals surface area contributed by atoms with Crippen LogP contribution in [0.3, 0.4) is 0 Å². The molecule has 1 aliphatic heterocycles. The van der Waals surface area contributed by atoms with E-state index in [0.717, 1.165) is 55.6 Å². The van der Waals surface area contributed by atoms with Gasteiger partial charge in [0.15, 0.2) is 11.5 Å². The monoisotopic (exact) mass is 435 g/mol. The Kier molecular flexibility index (Phi) is 6.98. The molecule has 1 N–H and O–H groups in total. The van der Waals surface area contributed by atoms with Crippen LogP contribution in [0.5, 0.6) is 11.5 Å². The summed E-state index contributed by atoms with van der Waals surface area (Å²) in [4.78, 5) is 23.4. The second-order valence-electron chi connectivity index (χ2n) is 8.51. The molecule has 6 nitrogen and oxygen atoms in total. The van der Waals surface area contributed by atoms with Crippen LogP contribution < -0.4 is 9.47 Å². The van der Waals surface area contributed by atoms with E-state index in [1.165, 1.54) is 5.56 Å². The molecular weight excluding hydrogens is 402 g/mol. The maximum Gasteiger partial charge on any atom is 0.253 e. The lowest BCUT2D eigenvalue weighted by Crippen LogP contribution is -2.38. The van der Waals surface area contributed by atoms with Crippen molar-refractivity contribution in [1.29, 1.82) is 0 Å². The minimum Gasteiger partial charge on any atom is -0.490 e. The number of piperidine rings is 1. The van der Waals surface area contributed by atoms with Crippen molar-refractivity contribution in [1.82, 2.24) is 14.9 Å². The quantitative estimate of drug-likeness (QED) is 0.477. The van der Waals surface area contributed by atoms with E-state index in [-0.39, 0.29) is 5.91 Å². The number of rotatable bonds is 8. The maximum absolute atomic E-state index is 13.2. The highest BCUT2D eigenvalue weighted by atomic mass is 16.5. The van der Waals surface area contributed by atoms with Crippen molar-refractivity contribution in [2.75, 3.05) is 26.3 Å². The van der Waals surface area contributed by atoms with Crippen molar-refractivity contribution in [3.8, 4) is 11.5 Å². The highest BCUT2D eigenvalue weighted by Crippen LogP contribution is 2.31. The van der Waals surface area contributed by atoms with Crippen molar-refractivity contribution in [3.05, 3.63) is 53.3 Å². The highest BCUT2D eigenvalue weighted by molar-refractivity contribution is 5.95. The number of hydrogen-bond donors (Lipinski definition) is 1. The number of carbonyl (C=O) groups excluding carboxylic acids is 1. The number of aromatic nitrogens is 2. The van der Waals surface area contributed by atoms with Crippen LogP contribution in [0.4, 0.5) is 0 Å². The third-order valence-corrected chi connectivity index (χ3v) is 6.07. The Morgan fingerprint density at radius 1 is 1.09 bits per heavy atom. The van der Waals surface area contributed by atoms with E-state index in [9.17, 15) is 4.79 Å². The number of H-pyrrole nitrogens is 1. The Balaban J connectivity index is 1.41. The van der Waals surface area contributed by atoms with Gasteiger partial charge in [-0.05, 0) is 69.0 Å². The van der Waals surface area contributed by atoms with Gasteiger partial charge in [-0.2, -0.15) is 0 Å². The van der Waals surface area contributed by atoms with Gasteiger partial charge in [-0.25, -0.2) is 4.98 Å². The molecule has 0 saturated carbocycles. The largest absolute Gasteiger partial charge is 0.490 e. The minimum atomic E-state index is 0.0461. The van der Waals surface area contributed by atoms with E-state index in [0.29, 0.717) is 36.2 Å². The number of ether oxygens (including phenoxy) is 2. The molecule has 2 aromatic carbocycles. The van der Waals surface area contributed by atoms with Crippen molar-refractivity contribution in [2.24, 2.45) is 0 Å². The number of unbranched alkanes of at least 4 members (excludes halogenated alkanes) is 1. The molecule has 0 spiro atoms. The number of aromatic amines is 1. The summed E-state index contributed by atoms with van der Waals surface area (Å²) in [7, 11) is 0. The van der Waals surface area contributed by atoms with E-state index >= 15 is 0 Å². The van der Waals surface area contributed by atoms with Crippen LogP contribution >= 0.6 is 0 Å². The normalized spacial score (nSPS) is 14.7. The van der Waals surface area contributed by atoms with E-state index in [1.807, 2.05) is 30.0 Å². The van der Waals surface area contributed by atoms with Crippen molar-refractivity contribution in [3.63, 3.8) is 0 Å². The second kappa shape index (κ2) is 10.1. The fourth-order valence-corrected chi connectivity index (χ4v) is 4.23. The maximum atomic E-state index is 13.2. The molecule has 6 heteroatoms. The summed E-state index contributed by atoms with van der Waals surface area (Å²) in [6.07, 6.45) is 3.87. The molecule has 1 aliphatic rings. The Morgan fingerprint density at radius 3 is 2.66 bits per heavy atom. The fraction of sp³-hybridized carbons (Fsp3) is 0.462. The van der Waals surface area contributed by atoms with Gasteiger partial charge in [-0.15, -0.1) is 0 Å². The van der Waals surface area contributed by atoms with Crippen molar-refractivity contribution in [2.45, 2.75) is 52.4 Å². The van der Waals surface area contributed by atoms with Gasteiger partial charge in [0.1, 0.15) is 5.82 Å². The third kappa shape index (κ3) is 4.90. The molecule has 1 fully saturated rings. The molecule has 2 heterocycles. The SMILES string of the molecule is CCCCOc1ccc(C(=O)N2CCC(c3nc4ccc(C)cc4[nH]3)CC2)cc1OCC. The second-order valence-corrected chi connectivity index (χ2v) is 8.51. The average molecular weight is 436 g/mol. The Bertz CT molecular complexity index is 1070. The van der Waals surface area contributed by atoms with Crippen LogP contribution in [0.15, 0.2) is 36.4 Å². The number of fused-ring (bicyclic) bond motifs is 1. The first-order valence-electron chi connectivity index (χ1n) is 11.7. The molecular formula is C26H33N3O3. The topological polar surface area (TPSA) is 67.5 Å². The number of amides is 1. The number of likely N-dealkylation sites (tertiary alicyclic amines) is 1. The number of hydrogen-bond acceptors (Lipinski definition) is 4. The summed E-state index contributed by atoms with van der Waals surface area (Å²) >= 11 is 0. The first-order chi connectivity index (χ1) is 15.6. The summed E-state index contributed by atoms with van der Waals surface area (Å²) in [5.74, 6) is 2.77. The lowest BCUT2D eigenvalue weighted by molar-refractivity contribution is 0.0710. The standard InChI is InChI=1S/C26H33N3O3/c1-4-6-15-32-23-10-8-20(17-24(23)31-5-2)26(30)29-13-11-19(12-14-29)25-27-21-9-7-18(3)16-22(21)28-25/h7-10,16-17,19H,4-6,11-15H2,1-3H3,(H,27,28). The lowest BCUT2D eigenvalue weighted by atomic mass is 9.95. The van der Waals surface area contributed by atoms with Crippen LogP contribution in [-0.4, -0.2) is 47.1 Å². The molecule has 170 valence electrons. The lowest BCUT2D eigenvalue weighted by Gasteiger charge is -2.31. The Labute approximate surface area is 189 Å². The summed E-state index contributed by atoms with van der Waals surface area (Å²) in [5.41, 5.74) is 3.97. The zero-order valence-corrected chi connectivity index (χ0v) is 19.3. The Morgan fingerprint density at radius 2 is 1.91 bits per heavy atom. The molecule has 1 saturated heterocycles. The molecule has 0 atom stereocenters. The summed E-state index contributed by atoms with van der Waals surface area (Å²) in [6, 6.07) is 11.8. The van der Waals surface area contributed by atoms with Crippen LogP contribution in [0.25, 0.3) is 11.0 Å². The Hall–Kier alpha value is -3.02. The molecule has 1 aromatic heterocycles. The number of benzene rings is 2. The van der Waals surface area contributed by atoms with E-state index in [4.69, 9.17) is 14.5 Å². The van der Waals surface area contributed by atoms with Crippen LogP contribution in [0.2, 0.25) is 0 Å². The van der Waals surface area contributed by atoms with Crippen LogP contribution in [0, 0.1) is 6.92 Å². The number of imidazole rings is 1. The van der Waals surface area contributed by atoms with E-state index in [1.54, 1.807) is 0 Å². The van der Waals surface area contributed by atoms with Gasteiger partial charge in [0.2, 0.25) is 0 Å². The summed E-state index contributed by atoms with van der Waals surface area (Å²) in [5, 5.41) is 0. The average Bonchev–Trinajstić information content (AvgIpc) is 3.23. The zero-order chi connectivity index (χ0) is 22.5. The number of nitrogens with one attached hydrogen (secondary N) is 1. The molecule has 32 heavy (non-hydrogen) atoms. The van der Waals surface area contributed by atoms with Gasteiger partial charge >= 0.3 is 0 Å². The molecule has 0 unspecified atom stereocenters. The first kappa shape index (κ1) is 22.2. The van der Waals surface area contributed by atoms with Gasteiger partial charge in [0, 0.05) is 24.6 Å². The van der Waals surface area contributed by atoms with Crippen molar-refractivity contribution < 1.29 is 14.3 Å². The molecule has 0 aliphatic carbocycles. The van der Waals surface area contributed by atoms with Gasteiger partial charge in [-0.1, -0.05) is 19.4 Å². The summed E-state index contributed by atoms with van der Waals surface area (Å²) in [6.45, 7) is 8.78. The molecule has 1 amide bonds. The van der Waals surface area contributed by atoms with E-state index < -0.39 is 0 Å². The smallest absolute Gasteiger partial charge is 0.253 e.